The van der Waals surface area contributed by atoms with Gasteiger partial charge in [-0.3, -0.25) is 0 Å². The van der Waals surface area contributed by atoms with Gasteiger partial charge in [0.15, 0.2) is 0 Å². The van der Waals surface area contributed by atoms with Gasteiger partial charge in [0, 0.05) is 0 Å². The number of allylic oxidation sites excluding steroid dienone is 8. The summed E-state index contributed by atoms with van der Waals surface area (Å²) in [5.74, 6) is -0.138. The van der Waals surface area contributed by atoms with Gasteiger partial charge < -0.3 is 0 Å². The summed E-state index contributed by atoms with van der Waals surface area (Å²) in [6.45, 7) is 11.8. The molecule has 0 aromatic carbocycles. The predicted octanol–water partition coefficient (Wildman–Crippen LogP) is 5.03. The van der Waals surface area contributed by atoms with Crippen LogP contribution in [0.3, 0.4) is 0 Å². The third-order valence-corrected chi connectivity index (χ3v) is 2.79. The Morgan fingerprint density at radius 3 is 2.62 bits per heavy atom. The molecule has 0 aliphatic heterocycles. The second-order valence-corrected chi connectivity index (χ2v) is 4.19. The lowest BCUT2D eigenvalue weighted by atomic mass is 9.93. The van der Waals surface area contributed by atoms with Crippen LogP contribution in [0.2, 0.25) is 0 Å². The van der Waals surface area contributed by atoms with Crippen molar-refractivity contribution in [2.45, 2.75) is 33.1 Å². The van der Waals surface area contributed by atoms with E-state index in [0.29, 0.717) is 0 Å². The van der Waals surface area contributed by atoms with E-state index in [9.17, 15) is 4.39 Å². The van der Waals surface area contributed by atoms with Crippen LogP contribution in [0.1, 0.15) is 33.1 Å². The van der Waals surface area contributed by atoms with E-state index in [-0.39, 0.29) is 5.83 Å². The van der Waals surface area contributed by atoms with E-state index in [1.807, 2.05) is 26.0 Å². The van der Waals surface area contributed by atoms with Crippen molar-refractivity contribution in [3.05, 3.63) is 59.5 Å². The molecule has 0 aromatic rings. The van der Waals surface area contributed by atoms with Gasteiger partial charge >= 0.3 is 0 Å². The van der Waals surface area contributed by atoms with Gasteiger partial charge in [-0.05, 0) is 43.4 Å². The summed E-state index contributed by atoms with van der Waals surface area (Å²) in [5.41, 5.74) is 3.61. The molecular weight excluding hydrogens is 199 g/mol. The molecule has 86 valence electrons. The first kappa shape index (κ1) is 12.7. The van der Waals surface area contributed by atoms with Gasteiger partial charge in [0.05, 0.1) is 0 Å². The van der Waals surface area contributed by atoms with E-state index in [4.69, 9.17) is 0 Å². The number of halogens is 1. The molecule has 0 aromatic heterocycles. The fraction of sp³-hybridized carbons (Fsp3) is 0.333. The predicted molar refractivity (Wildman–Crippen MR) is 68.8 cm³/mol. The van der Waals surface area contributed by atoms with Gasteiger partial charge in [-0.15, -0.1) is 0 Å². The molecule has 0 nitrogen and oxygen atoms in total. The van der Waals surface area contributed by atoms with Crippen LogP contribution in [0.25, 0.3) is 0 Å². The maximum absolute atomic E-state index is 13.6. The van der Waals surface area contributed by atoms with Gasteiger partial charge in [-0.2, -0.15) is 0 Å². The molecule has 1 heteroatoms. The second kappa shape index (κ2) is 5.64. The Morgan fingerprint density at radius 2 is 2.06 bits per heavy atom. The van der Waals surface area contributed by atoms with Crippen molar-refractivity contribution in [1.29, 1.82) is 0 Å². The summed E-state index contributed by atoms with van der Waals surface area (Å²) in [6, 6.07) is 0. The number of hydrogen-bond acceptors (Lipinski definition) is 0. The molecule has 0 amide bonds. The molecule has 0 N–H and O–H groups in total. The Labute approximate surface area is 97.6 Å². The van der Waals surface area contributed by atoms with E-state index in [1.54, 1.807) is 6.08 Å². The van der Waals surface area contributed by atoms with Crippen LogP contribution in [-0.2, 0) is 0 Å². The first-order valence-corrected chi connectivity index (χ1v) is 5.65. The largest absolute Gasteiger partial charge is 0.207 e. The molecule has 0 unspecified atom stereocenters. The Hall–Kier alpha value is -1.37. The van der Waals surface area contributed by atoms with E-state index >= 15 is 0 Å². The van der Waals surface area contributed by atoms with Gasteiger partial charge in [-0.1, -0.05) is 43.4 Å². The maximum Gasteiger partial charge on any atom is 0.126 e. The van der Waals surface area contributed by atoms with Gasteiger partial charge in [0.25, 0.3) is 0 Å². The molecule has 0 saturated carbocycles. The Balaban J connectivity index is 2.79. The highest BCUT2D eigenvalue weighted by Crippen LogP contribution is 2.29. The lowest BCUT2D eigenvalue weighted by molar-refractivity contribution is 0.635. The van der Waals surface area contributed by atoms with E-state index in [2.05, 4.69) is 13.2 Å². The van der Waals surface area contributed by atoms with Gasteiger partial charge in [0.2, 0.25) is 0 Å². The molecular formula is C15H19F. The Morgan fingerprint density at radius 1 is 1.38 bits per heavy atom. The second-order valence-electron chi connectivity index (χ2n) is 4.19. The third kappa shape index (κ3) is 3.34. The van der Waals surface area contributed by atoms with Crippen molar-refractivity contribution in [2.24, 2.45) is 0 Å². The first-order valence-electron chi connectivity index (χ1n) is 5.65. The zero-order valence-electron chi connectivity index (χ0n) is 10.1. The fourth-order valence-electron chi connectivity index (χ4n) is 1.57. The Bertz CT molecular complexity index is 392. The number of hydrogen-bond donors (Lipinski definition) is 0. The zero-order valence-corrected chi connectivity index (χ0v) is 10.1. The van der Waals surface area contributed by atoms with Crippen molar-refractivity contribution in [2.75, 3.05) is 0 Å². The lowest BCUT2D eigenvalue weighted by Crippen LogP contribution is -1.96. The summed E-state index contributed by atoms with van der Waals surface area (Å²) < 4.78 is 13.6. The highest BCUT2D eigenvalue weighted by atomic mass is 19.1. The molecule has 0 atom stereocenters. The highest BCUT2D eigenvalue weighted by Gasteiger charge is 2.12. The summed E-state index contributed by atoms with van der Waals surface area (Å²) in [6.07, 6.45) is 7.94. The van der Waals surface area contributed by atoms with E-state index in [1.165, 1.54) is 0 Å². The van der Waals surface area contributed by atoms with Crippen molar-refractivity contribution in [1.82, 2.24) is 0 Å². The standard InChI is InChI=1S/C15H19F/c1-5-11(2)6-8-13(4)14-9-7-12(3)10-15(14)16/h6,8,10H,2,4-5,7,9H2,1,3H3/b8-6-. The molecule has 1 aliphatic carbocycles. The highest BCUT2D eigenvalue weighted by molar-refractivity contribution is 5.46. The van der Waals surface area contributed by atoms with Crippen molar-refractivity contribution >= 4 is 0 Å². The minimum absolute atomic E-state index is 0.138. The maximum atomic E-state index is 13.6. The molecule has 1 aliphatic rings. The van der Waals surface area contributed by atoms with Crippen molar-refractivity contribution < 1.29 is 4.39 Å². The van der Waals surface area contributed by atoms with Crippen LogP contribution in [-0.4, -0.2) is 0 Å². The molecule has 1 rings (SSSR count). The van der Waals surface area contributed by atoms with Crippen LogP contribution in [0.4, 0.5) is 4.39 Å². The molecule has 0 fully saturated rings. The van der Waals surface area contributed by atoms with Crippen LogP contribution in [0.15, 0.2) is 59.5 Å². The average Bonchev–Trinajstić information content (AvgIpc) is 2.25. The fourth-order valence-corrected chi connectivity index (χ4v) is 1.57. The number of rotatable bonds is 4. The summed E-state index contributed by atoms with van der Waals surface area (Å²) in [5, 5.41) is 0. The summed E-state index contributed by atoms with van der Waals surface area (Å²) in [7, 11) is 0. The normalized spacial score (nSPS) is 16.6. The minimum Gasteiger partial charge on any atom is -0.207 e. The van der Waals surface area contributed by atoms with Crippen molar-refractivity contribution in [3.8, 4) is 0 Å². The molecule has 0 heterocycles. The topological polar surface area (TPSA) is 0 Å². The lowest BCUT2D eigenvalue weighted by Gasteiger charge is -2.14. The average molecular weight is 218 g/mol. The third-order valence-electron chi connectivity index (χ3n) is 2.79. The van der Waals surface area contributed by atoms with Crippen LogP contribution >= 0.6 is 0 Å². The first-order chi connectivity index (χ1) is 7.54. The molecule has 0 spiro atoms. The quantitative estimate of drug-likeness (QED) is 0.581. The smallest absolute Gasteiger partial charge is 0.126 e. The summed E-state index contributed by atoms with van der Waals surface area (Å²) in [4.78, 5) is 0. The minimum atomic E-state index is -0.138. The molecule has 0 saturated heterocycles. The van der Waals surface area contributed by atoms with Gasteiger partial charge in [0.1, 0.15) is 5.83 Å². The monoisotopic (exact) mass is 218 g/mol. The van der Waals surface area contributed by atoms with Crippen LogP contribution in [0.5, 0.6) is 0 Å². The van der Waals surface area contributed by atoms with E-state index < -0.39 is 0 Å². The van der Waals surface area contributed by atoms with Crippen LogP contribution < -0.4 is 0 Å². The SMILES string of the molecule is C=C(/C=C\C(=C)C1=C(F)C=C(C)CC1)CC. The molecule has 0 radical (unpaired) electrons. The Kier molecular flexibility index (Phi) is 4.48. The molecule has 0 bridgehead atoms. The zero-order chi connectivity index (χ0) is 12.1. The van der Waals surface area contributed by atoms with Crippen LogP contribution in [0, 0.1) is 0 Å². The van der Waals surface area contributed by atoms with Gasteiger partial charge in [-0.25, -0.2) is 4.39 Å². The summed E-state index contributed by atoms with van der Waals surface area (Å²) >= 11 is 0. The van der Waals surface area contributed by atoms with Crippen molar-refractivity contribution in [3.63, 3.8) is 0 Å². The van der Waals surface area contributed by atoms with E-state index in [0.717, 1.165) is 41.6 Å². The molecule has 16 heavy (non-hydrogen) atoms.